The second-order valence-corrected chi connectivity index (χ2v) is 3.71. The van der Waals surface area contributed by atoms with E-state index < -0.39 is 21.9 Å². The highest BCUT2D eigenvalue weighted by molar-refractivity contribution is 7.45. The van der Waals surface area contributed by atoms with Crippen molar-refractivity contribution in [3.05, 3.63) is 0 Å². The number of hydrogen-bond acceptors (Lipinski definition) is 4. The quantitative estimate of drug-likeness (QED) is 0.169. The molecule has 10 nitrogen and oxygen atoms in total. The van der Waals surface area contributed by atoms with Gasteiger partial charge in [0, 0.05) is 0 Å². The Hall–Kier alpha value is 0.140. The minimum atomic E-state index is -4.64. The highest BCUT2D eigenvalue weighted by Gasteiger charge is 2.00. The predicted molar refractivity (Wildman–Crippen MR) is 42.4 cm³/mol. The van der Waals surface area contributed by atoms with E-state index in [1.54, 1.807) is 0 Å². The maximum atomic E-state index is 8.88. The molecule has 0 saturated carbocycles. The van der Waals surface area contributed by atoms with Crippen LogP contribution in [0.1, 0.15) is 6.92 Å². The number of rotatable bonds is 0. The summed E-state index contributed by atoms with van der Waals surface area (Å²) in [6.07, 6.45) is -1.17. The summed E-state index contributed by atoms with van der Waals surface area (Å²) in [6, 6.07) is 0. The lowest BCUT2D eigenvalue weighted by Crippen LogP contribution is -1.92. The fourth-order valence-corrected chi connectivity index (χ4v) is 0. The van der Waals surface area contributed by atoms with Gasteiger partial charge in [-0.1, -0.05) is 0 Å². The number of aliphatic hydroxyl groups is 2. The van der Waals surface area contributed by atoms with Crippen LogP contribution >= 0.6 is 15.6 Å². The summed E-state index contributed by atoms with van der Waals surface area (Å²) in [4.78, 5) is 43.1. The lowest BCUT2D eigenvalue weighted by Gasteiger charge is -1.82. The van der Waals surface area contributed by atoms with Crippen molar-refractivity contribution in [2.75, 3.05) is 0 Å². The molecule has 0 aromatic heterocycles. The molecule has 0 spiro atoms. The largest absolute Gasteiger partial charge is 0.466 e. The molecule has 8 N–H and O–H groups in total. The Bertz CT molecular complexity index is 159. The van der Waals surface area contributed by atoms with Crippen LogP contribution in [0, 0.1) is 0 Å². The molecule has 0 fully saturated rings. The predicted octanol–water partition coefficient (Wildman–Crippen LogP) is -2.54. The molecule has 0 amide bonds. The normalized spacial score (nSPS) is 11.0. The number of hydrogen-bond donors (Lipinski definition) is 8. The summed E-state index contributed by atoms with van der Waals surface area (Å²) < 4.78 is 17.8. The van der Waals surface area contributed by atoms with Crippen LogP contribution in [0.5, 0.6) is 0 Å². The van der Waals surface area contributed by atoms with E-state index in [1.165, 1.54) is 6.92 Å². The molecule has 0 unspecified atom stereocenters. The van der Waals surface area contributed by atoms with Crippen LogP contribution in [0.25, 0.3) is 0 Å². The van der Waals surface area contributed by atoms with E-state index in [0.717, 1.165) is 0 Å². The van der Waals surface area contributed by atoms with Crippen molar-refractivity contribution in [1.29, 1.82) is 0 Å². The van der Waals surface area contributed by atoms with Crippen molar-refractivity contribution in [2.45, 2.75) is 13.2 Å². The highest BCUT2D eigenvalue weighted by Crippen LogP contribution is 2.26. The van der Waals surface area contributed by atoms with Gasteiger partial charge >= 0.3 is 15.6 Å². The lowest BCUT2D eigenvalue weighted by molar-refractivity contribution is -0.0228. The van der Waals surface area contributed by atoms with Crippen LogP contribution in [0.4, 0.5) is 0 Å². The standard InChI is InChI=1S/C2H6O2.2H3O4P/c1-2(3)4;2*1-5(2,3)4/h2-4H,1H3;2*(H3,1,2,3,4). The van der Waals surface area contributed by atoms with E-state index >= 15 is 0 Å². The van der Waals surface area contributed by atoms with Gasteiger partial charge in [0.05, 0.1) is 0 Å². The van der Waals surface area contributed by atoms with Crippen molar-refractivity contribution in [3.8, 4) is 0 Å². The molecule has 0 atom stereocenters. The molecular formula is C2H12O10P2. The lowest BCUT2D eigenvalue weighted by atomic mass is 10.8. The van der Waals surface area contributed by atoms with Crippen LogP contribution in [-0.4, -0.2) is 45.9 Å². The number of aliphatic hydroxyl groups excluding tert-OH is 1. The van der Waals surface area contributed by atoms with Crippen LogP contribution in [0.3, 0.4) is 0 Å². The Kier molecular flexibility index (Phi) is 11.9. The average Bonchev–Trinajstić information content (AvgIpc) is 1.45. The fourth-order valence-electron chi connectivity index (χ4n) is 0. The van der Waals surface area contributed by atoms with Crippen LogP contribution in [0.15, 0.2) is 0 Å². The molecule has 0 aromatic rings. The molecule has 0 aliphatic heterocycles. The molecule has 0 bridgehead atoms. The van der Waals surface area contributed by atoms with Crippen molar-refractivity contribution < 1.29 is 48.7 Å². The summed E-state index contributed by atoms with van der Waals surface area (Å²) in [5.41, 5.74) is 0. The molecule has 0 saturated heterocycles. The average molecular weight is 258 g/mol. The van der Waals surface area contributed by atoms with E-state index in [4.69, 9.17) is 48.7 Å². The van der Waals surface area contributed by atoms with Crippen LogP contribution < -0.4 is 0 Å². The van der Waals surface area contributed by atoms with Crippen LogP contribution in [0.2, 0.25) is 0 Å². The van der Waals surface area contributed by atoms with E-state index in [2.05, 4.69) is 0 Å². The van der Waals surface area contributed by atoms with Gasteiger partial charge in [-0.3, -0.25) is 0 Å². The molecule has 0 aliphatic carbocycles. The second kappa shape index (κ2) is 8.45. The molecule has 0 rings (SSSR count). The molecule has 14 heavy (non-hydrogen) atoms. The molecule has 90 valence electrons. The Morgan fingerprint density at radius 2 is 0.786 bits per heavy atom. The Balaban J connectivity index is -0.000000131. The van der Waals surface area contributed by atoms with E-state index in [-0.39, 0.29) is 0 Å². The van der Waals surface area contributed by atoms with Crippen molar-refractivity contribution in [2.24, 2.45) is 0 Å². The van der Waals surface area contributed by atoms with E-state index in [9.17, 15) is 0 Å². The smallest absolute Gasteiger partial charge is 0.368 e. The summed E-state index contributed by atoms with van der Waals surface area (Å²) in [5.74, 6) is 0. The maximum Gasteiger partial charge on any atom is 0.466 e. The molecule has 12 heteroatoms. The highest BCUT2D eigenvalue weighted by atomic mass is 31.2. The molecule has 0 radical (unpaired) electrons. The SMILES string of the molecule is CC(O)O.O=P(O)(O)O.O=P(O)(O)O. The fraction of sp³-hybridized carbons (Fsp3) is 1.00. The topological polar surface area (TPSA) is 196 Å². The zero-order chi connectivity index (χ0) is 12.6. The summed E-state index contributed by atoms with van der Waals surface area (Å²) >= 11 is 0. The first-order valence-corrected chi connectivity index (χ1v) is 5.79. The Labute approximate surface area is 78.6 Å². The zero-order valence-electron chi connectivity index (χ0n) is 6.87. The third-order valence-electron chi connectivity index (χ3n) is 0. The van der Waals surface area contributed by atoms with E-state index in [0.29, 0.717) is 0 Å². The van der Waals surface area contributed by atoms with Gasteiger partial charge < -0.3 is 39.6 Å². The summed E-state index contributed by atoms with van der Waals surface area (Å²) in [6.45, 7) is 1.28. The van der Waals surface area contributed by atoms with E-state index in [1.807, 2.05) is 0 Å². The zero-order valence-corrected chi connectivity index (χ0v) is 8.65. The van der Waals surface area contributed by atoms with Gasteiger partial charge in [0.25, 0.3) is 0 Å². The molecule has 0 aliphatic rings. The van der Waals surface area contributed by atoms with Crippen molar-refractivity contribution in [1.82, 2.24) is 0 Å². The minimum absolute atomic E-state index is 1.17. The third-order valence-corrected chi connectivity index (χ3v) is 0. The van der Waals surface area contributed by atoms with Gasteiger partial charge in [-0.2, -0.15) is 0 Å². The minimum Gasteiger partial charge on any atom is -0.368 e. The third kappa shape index (κ3) is 76900. The van der Waals surface area contributed by atoms with Gasteiger partial charge in [0.1, 0.15) is 6.29 Å². The van der Waals surface area contributed by atoms with Gasteiger partial charge in [-0.15, -0.1) is 0 Å². The van der Waals surface area contributed by atoms with Gasteiger partial charge in [-0.25, -0.2) is 9.13 Å². The molecule has 0 heterocycles. The number of phosphoric acid groups is 2. The van der Waals surface area contributed by atoms with Crippen molar-refractivity contribution in [3.63, 3.8) is 0 Å². The molecule has 0 aromatic carbocycles. The Morgan fingerprint density at radius 1 is 0.786 bits per heavy atom. The Morgan fingerprint density at radius 3 is 0.786 bits per heavy atom. The summed E-state index contributed by atoms with van der Waals surface area (Å²) in [7, 11) is -9.28. The van der Waals surface area contributed by atoms with Gasteiger partial charge in [-0.05, 0) is 6.92 Å². The van der Waals surface area contributed by atoms with Crippen LogP contribution in [-0.2, 0) is 9.13 Å². The first kappa shape index (κ1) is 19.7. The monoisotopic (exact) mass is 258 g/mol. The second-order valence-electron chi connectivity index (χ2n) is 1.66. The maximum absolute atomic E-state index is 8.88. The van der Waals surface area contributed by atoms with Gasteiger partial charge in [0.2, 0.25) is 0 Å². The summed E-state index contributed by atoms with van der Waals surface area (Å²) in [5, 5.41) is 15.2. The van der Waals surface area contributed by atoms with Gasteiger partial charge in [0.15, 0.2) is 0 Å². The van der Waals surface area contributed by atoms with Crippen molar-refractivity contribution >= 4 is 15.6 Å². The first-order chi connectivity index (χ1) is 5.73. The molecular weight excluding hydrogens is 246 g/mol. The first-order valence-electron chi connectivity index (χ1n) is 2.66.